The van der Waals surface area contributed by atoms with Crippen molar-refractivity contribution in [1.29, 1.82) is 0 Å². The van der Waals surface area contributed by atoms with E-state index < -0.39 is 0 Å². The molecular formula is C18H21Cl2NO3. The number of ether oxygens (including phenoxy) is 3. The number of hydrogen-bond acceptors (Lipinski definition) is 4. The van der Waals surface area contributed by atoms with Crippen molar-refractivity contribution in [3.63, 3.8) is 0 Å². The molecule has 0 saturated carbocycles. The Labute approximate surface area is 152 Å². The van der Waals surface area contributed by atoms with Gasteiger partial charge in [0.1, 0.15) is 5.75 Å². The normalized spacial score (nSPS) is 10.4. The maximum atomic E-state index is 6.36. The average Bonchev–Trinajstić information content (AvgIpc) is 2.56. The SMILES string of the molecule is CCOc1cc(Cl)c(CNc2ccc(OC)c(Cl)c2)cc1OCC. The van der Waals surface area contributed by atoms with Crippen LogP contribution in [-0.4, -0.2) is 20.3 Å². The monoisotopic (exact) mass is 369 g/mol. The van der Waals surface area contributed by atoms with Crippen LogP contribution in [0.25, 0.3) is 0 Å². The van der Waals surface area contributed by atoms with E-state index in [0.29, 0.717) is 47.1 Å². The maximum absolute atomic E-state index is 6.36. The summed E-state index contributed by atoms with van der Waals surface area (Å²) in [5, 5.41) is 4.46. The van der Waals surface area contributed by atoms with E-state index in [-0.39, 0.29) is 0 Å². The van der Waals surface area contributed by atoms with E-state index >= 15 is 0 Å². The molecule has 24 heavy (non-hydrogen) atoms. The first-order valence-corrected chi connectivity index (χ1v) is 8.50. The Morgan fingerprint density at radius 2 is 1.54 bits per heavy atom. The van der Waals surface area contributed by atoms with E-state index in [1.807, 2.05) is 38.1 Å². The number of halogens is 2. The molecule has 130 valence electrons. The molecule has 0 aliphatic carbocycles. The highest BCUT2D eigenvalue weighted by Gasteiger charge is 2.11. The van der Waals surface area contributed by atoms with Crippen molar-refractivity contribution in [3.8, 4) is 17.2 Å². The van der Waals surface area contributed by atoms with Crippen LogP contribution in [0.1, 0.15) is 19.4 Å². The van der Waals surface area contributed by atoms with Crippen LogP contribution in [0.3, 0.4) is 0 Å². The zero-order valence-electron chi connectivity index (χ0n) is 14.0. The maximum Gasteiger partial charge on any atom is 0.162 e. The molecule has 0 spiro atoms. The van der Waals surface area contributed by atoms with Crippen LogP contribution in [0.4, 0.5) is 5.69 Å². The van der Waals surface area contributed by atoms with Crippen LogP contribution < -0.4 is 19.5 Å². The summed E-state index contributed by atoms with van der Waals surface area (Å²) in [4.78, 5) is 0. The summed E-state index contributed by atoms with van der Waals surface area (Å²) in [5.41, 5.74) is 1.79. The van der Waals surface area contributed by atoms with Gasteiger partial charge in [-0.1, -0.05) is 23.2 Å². The van der Waals surface area contributed by atoms with E-state index in [0.717, 1.165) is 11.3 Å². The molecule has 0 aliphatic heterocycles. The van der Waals surface area contributed by atoms with Crippen molar-refractivity contribution < 1.29 is 14.2 Å². The first-order chi connectivity index (χ1) is 11.6. The minimum absolute atomic E-state index is 0.536. The van der Waals surface area contributed by atoms with Gasteiger partial charge >= 0.3 is 0 Å². The van der Waals surface area contributed by atoms with Crippen LogP contribution in [0.15, 0.2) is 30.3 Å². The van der Waals surface area contributed by atoms with Crippen LogP contribution >= 0.6 is 23.2 Å². The second-order valence-electron chi connectivity index (χ2n) is 4.96. The zero-order valence-corrected chi connectivity index (χ0v) is 15.5. The van der Waals surface area contributed by atoms with Gasteiger partial charge in [0.05, 0.1) is 25.3 Å². The molecule has 0 heterocycles. The summed E-state index contributed by atoms with van der Waals surface area (Å²) in [6.07, 6.45) is 0. The Balaban J connectivity index is 2.16. The predicted octanol–water partition coefficient (Wildman–Crippen LogP) is 5.41. The Morgan fingerprint density at radius 1 is 0.875 bits per heavy atom. The van der Waals surface area contributed by atoms with Gasteiger partial charge in [-0.05, 0) is 43.7 Å². The standard InChI is InChI=1S/C18H21Cl2NO3/c1-4-23-17-8-12(14(19)10-18(17)24-5-2)11-21-13-6-7-16(22-3)15(20)9-13/h6-10,21H,4-5,11H2,1-3H3. The van der Waals surface area contributed by atoms with Gasteiger partial charge in [-0.15, -0.1) is 0 Å². The number of anilines is 1. The Bertz CT molecular complexity index is 692. The summed E-state index contributed by atoms with van der Waals surface area (Å²) >= 11 is 12.5. The first-order valence-electron chi connectivity index (χ1n) is 7.74. The molecule has 2 aromatic rings. The van der Waals surface area contributed by atoms with Crippen molar-refractivity contribution in [1.82, 2.24) is 0 Å². The molecule has 0 aliphatic rings. The minimum Gasteiger partial charge on any atom is -0.495 e. The highest BCUT2D eigenvalue weighted by Crippen LogP contribution is 2.34. The molecule has 0 bridgehead atoms. The van der Waals surface area contributed by atoms with Crippen LogP contribution in [0.5, 0.6) is 17.2 Å². The Hall–Kier alpha value is -1.78. The van der Waals surface area contributed by atoms with Gasteiger partial charge in [0.2, 0.25) is 0 Å². The molecule has 0 amide bonds. The third kappa shape index (κ3) is 4.62. The lowest BCUT2D eigenvalue weighted by molar-refractivity contribution is 0.287. The molecule has 0 saturated heterocycles. The van der Waals surface area contributed by atoms with Crippen LogP contribution in [-0.2, 0) is 6.54 Å². The molecule has 4 nitrogen and oxygen atoms in total. The van der Waals surface area contributed by atoms with Gasteiger partial charge in [-0.25, -0.2) is 0 Å². The summed E-state index contributed by atoms with van der Waals surface area (Å²) in [7, 11) is 1.59. The smallest absolute Gasteiger partial charge is 0.162 e. The fourth-order valence-electron chi connectivity index (χ4n) is 2.22. The van der Waals surface area contributed by atoms with E-state index in [2.05, 4.69) is 5.32 Å². The fraction of sp³-hybridized carbons (Fsp3) is 0.333. The zero-order chi connectivity index (χ0) is 17.5. The predicted molar refractivity (Wildman–Crippen MR) is 99.1 cm³/mol. The van der Waals surface area contributed by atoms with Gasteiger partial charge in [0.15, 0.2) is 11.5 Å². The summed E-state index contributed by atoms with van der Waals surface area (Å²) < 4.78 is 16.4. The van der Waals surface area contributed by atoms with Gasteiger partial charge in [0, 0.05) is 23.3 Å². The number of hydrogen-bond donors (Lipinski definition) is 1. The molecule has 1 N–H and O–H groups in total. The summed E-state index contributed by atoms with van der Waals surface area (Å²) in [6.45, 7) is 5.50. The third-order valence-corrected chi connectivity index (χ3v) is 3.99. The second kappa shape index (κ2) is 8.90. The van der Waals surface area contributed by atoms with E-state index in [1.54, 1.807) is 13.2 Å². The summed E-state index contributed by atoms with van der Waals surface area (Å²) in [5.74, 6) is 1.98. The van der Waals surface area contributed by atoms with E-state index in [4.69, 9.17) is 37.4 Å². The molecule has 0 aromatic heterocycles. The molecule has 6 heteroatoms. The molecule has 0 fully saturated rings. The number of rotatable bonds is 8. The molecular weight excluding hydrogens is 349 g/mol. The molecule has 2 aromatic carbocycles. The van der Waals surface area contributed by atoms with E-state index in [9.17, 15) is 0 Å². The van der Waals surface area contributed by atoms with Crippen LogP contribution in [0.2, 0.25) is 10.0 Å². The highest BCUT2D eigenvalue weighted by atomic mass is 35.5. The van der Waals surface area contributed by atoms with Crippen molar-refractivity contribution in [2.45, 2.75) is 20.4 Å². The summed E-state index contributed by atoms with van der Waals surface area (Å²) in [6, 6.07) is 9.21. The third-order valence-electron chi connectivity index (χ3n) is 3.35. The lowest BCUT2D eigenvalue weighted by atomic mass is 10.2. The topological polar surface area (TPSA) is 39.7 Å². The van der Waals surface area contributed by atoms with Crippen molar-refractivity contribution in [2.24, 2.45) is 0 Å². The first kappa shape index (κ1) is 18.6. The molecule has 0 unspecified atom stereocenters. The molecule has 2 rings (SSSR count). The average molecular weight is 370 g/mol. The molecule has 0 radical (unpaired) electrons. The number of nitrogens with one attached hydrogen (secondary N) is 1. The van der Waals surface area contributed by atoms with Gasteiger partial charge in [-0.3, -0.25) is 0 Å². The highest BCUT2D eigenvalue weighted by molar-refractivity contribution is 6.32. The largest absolute Gasteiger partial charge is 0.495 e. The molecule has 0 atom stereocenters. The Morgan fingerprint density at radius 3 is 2.12 bits per heavy atom. The minimum atomic E-state index is 0.536. The van der Waals surface area contributed by atoms with Crippen LogP contribution in [0, 0.1) is 0 Å². The Kier molecular flexibility index (Phi) is 6.88. The van der Waals surface area contributed by atoms with Crippen molar-refractivity contribution in [2.75, 3.05) is 25.6 Å². The number of methoxy groups -OCH3 is 1. The van der Waals surface area contributed by atoms with E-state index in [1.165, 1.54) is 0 Å². The van der Waals surface area contributed by atoms with Crippen molar-refractivity contribution in [3.05, 3.63) is 45.9 Å². The lowest BCUT2D eigenvalue weighted by Crippen LogP contribution is -2.03. The fourth-order valence-corrected chi connectivity index (χ4v) is 2.70. The number of benzene rings is 2. The van der Waals surface area contributed by atoms with Gasteiger partial charge in [-0.2, -0.15) is 0 Å². The van der Waals surface area contributed by atoms with Gasteiger partial charge in [0.25, 0.3) is 0 Å². The second-order valence-corrected chi connectivity index (χ2v) is 5.77. The quantitative estimate of drug-likeness (QED) is 0.674. The van der Waals surface area contributed by atoms with Gasteiger partial charge < -0.3 is 19.5 Å². The van der Waals surface area contributed by atoms with Crippen molar-refractivity contribution >= 4 is 28.9 Å². The lowest BCUT2D eigenvalue weighted by Gasteiger charge is -2.15.